The maximum atomic E-state index is 12.2. The molecule has 2 unspecified atom stereocenters. The largest absolute Gasteiger partial charge is 0.396 e. The van der Waals surface area contributed by atoms with Crippen LogP contribution in [0.25, 0.3) is 0 Å². The molecule has 1 aliphatic rings. The average molecular weight is 276 g/mol. The Labute approximate surface area is 120 Å². The first kappa shape index (κ1) is 15.0. The Morgan fingerprint density at radius 1 is 1.40 bits per heavy atom. The number of hydrogen-bond donors (Lipinski definition) is 3. The Balaban J connectivity index is 1.90. The average Bonchev–Trinajstić information content (AvgIpc) is 2.49. The van der Waals surface area contributed by atoms with Gasteiger partial charge in [0.2, 0.25) is 5.91 Å². The van der Waals surface area contributed by atoms with Gasteiger partial charge in [-0.2, -0.15) is 0 Å². The molecule has 0 aliphatic carbocycles. The quantitative estimate of drug-likeness (QED) is 0.770. The molecule has 2 atom stereocenters. The predicted octanol–water partition coefficient (Wildman–Crippen LogP) is 1.94. The highest BCUT2D eigenvalue weighted by Gasteiger charge is 2.25. The molecule has 0 bridgehead atoms. The first-order valence-electron chi connectivity index (χ1n) is 7.47. The van der Waals surface area contributed by atoms with Gasteiger partial charge >= 0.3 is 0 Å². The Morgan fingerprint density at radius 2 is 2.15 bits per heavy atom. The predicted molar refractivity (Wildman–Crippen MR) is 80.7 cm³/mol. The highest BCUT2D eigenvalue weighted by atomic mass is 16.2. The van der Waals surface area contributed by atoms with Gasteiger partial charge in [0.1, 0.15) is 0 Å². The zero-order chi connectivity index (χ0) is 14.4. The summed E-state index contributed by atoms with van der Waals surface area (Å²) < 4.78 is 0. The third-order valence-corrected chi connectivity index (χ3v) is 4.03. The zero-order valence-electron chi connectivity index (χ0n) is 12.1. The van der Waals surface area contributed by atoms with E-state index in [0.717, 1.165) is 37.1 Å². The lowest BCUT2D eigenvalue weighted by atomic mass is 9.90. The number of hydrogen-bond acceptors (Lipinski definition) is 3. The smallest absolute Gasteiger partial charge is 0.241 e. The van der Waals surface area contributed by atoms with E-state index in [1.54, 1.807) is 0 Å². The summed E-state index contributed by atoms with van der Waals surface area (Å²) >= 11 is 0. The van der Waals surface area contributed by atoms with E-state index in [1.165, 1.54) is 0 Å². The topological polar surface area (TPSA) is 61.4 Å². The number of anilines is 1. The zero-order valence-corrected chi connectivity index (χ0v) is 12.1. The fraction of sp³-hybridized carbons (Fsp3) is 0.562. The number of aliphatic hydroxyl groups is 1. The molecule has 1 saturated heterocycles. The van der Waals surface area contributed by atoms with Gasteiger partial charge in [-0.3, -0.25) is 4.79 Å². The molecule has 0 radical (unpaired) electrons. The minimum absolute atomic E-state index is 0.0538. The Kier molecular flexibility index (Phi) is 5.56. The molecule has 2 rings (SSSR count). The Hall–Kier alpha value is -1.39. The number of benzene rings is 1. The first-order valence-corrected chi connectivity index (χ1v) is 7.47. The van der Waals surface area contributed by atoms with Gasteiger partial charge in [0.05, 0.1) is 6.04 Å². The molecule has 1 heterocycles. The number of piperidine rings is 1. The van der Waals surface area contributed by atoms with Gasteiger partial charge < -0.3 is 15.7 Å². The monoisotopic (exact) mass is 276 g/mol. The summed E-state index contributed by atoms with van der Waals surface area (Å²) in [5.41, 5.74) is 1.89. The minimum Gasteiger partial charge on any atom is -0.396 e. The molecule has 110 valence electrons. The van der Waals surface area contributed by atoms with E-state index in [0.29, 0.717) is 12.3 Å². The van der Waals surface area contributed by atoms with Crippen molar-refractivity contribution in [1.82, 2.24) is 5.32 Å². The van der Waals surface area contributed by atoms with Crippen LogP contribution in [0, 0.1) is 5.92 Å². The third kappa shape index (κ3) is 4.05. The van der Waals surface area contributed by atoms with Crippen molar-refractivity contribution < 1.29 is 9.90 Å². The summed E-state index contributed by atoms with van der Waals surface area (Å²) in [6.45, 7) is 3.26. The fourth-order valence-electron chi connectivity index (χ4n) is 2.68. The van der Waals surface area contributed by atoms with E-state index in [2.05, 4.69) is 17.6 Å². The van der Waals surface area contributed by atoms with E-state index >= 15 is 0 Å². The molecule has 1 aromatic rings. The van der Waals surface area contributed by atoms with E-state index in [9.17, 15) is 4.79 Å². The third-order valence-electron chi connectivity index (χ3n) is 4.03. The van der Waals surface area contributed by atoms with E-state index in [1.807, 2.05) is 24.3 Å². The van der Waals surface area contributed by atoms with Crippen molar-refractivity contribution in [2.45, 2.75) is 38.6 Å². The molecule has 1 aromatic carbocycles. The number of amides is 1. The second-order valence-electron chi connectivity index (χ2n) is 5.47. The van der Waals surface area contributed by atoms with Gasteiger partial charge in [-0.05, 0) is 49.4 Å². The molecule has 1 aliphatic heterocycles. The second kappa shape index (κ2) is 7.41. The van der Waals surface area contributed by atoms with Gasteiger partial charge in [0, 0.05) is 12.3 Å². The van der Waals surface area contributed by atoms with Crippen molar-refractivity contribution in [1.29, 1.82) is 0 Å². The molecule has 0 aromatic heterocycles. The summed E-state index contributed by atoms with van der Waals surface area (Å²) in [5.74, 6) is 0.706. The molecule has 4 nitrogen and oxygen atoms in total. The van der Waals surface area contributed by atoms with Crippen LogP contribution in [0.1, 0.15) is 31.7 Å². The highest BCUT2D eigenvalue weighted by molar-refractivity contribution is 5.94. The van der Waals surface area contributed by atoms with Crippen LogP contribution in [0.4, 0.5) is 5.69 Å². The van der Waals surface area contributed by atoms with Crippen LogP contribution in [0.15, 0.2) is 24.3 Å². The summed E-state index contributed by atoms with van der Waals surface area (Å²) in [4.78, 5) is 12.2. The Bertz CT molecular complexity index is 431. The molecule has 4 heteroatoms. The van der Waals surface area contributed by atoms with Crippen molar-refractivity contribution in [3.8, 4) is 0 Å². The number of rotatable bonds is 5. The lowest BCUT2D eigenvalue weighted by molar-refractivity contribution is -0.119. The number of carbonyl (C=O) groups is 1. The van der Waals surface area contributed by atoms with Crippen molar-refractivity contribution in [3.63, 3.8) is 0 Å². The van der Waals surface area contributed by atoms with Gasteiger partial charge in [-0.15, -0.1) is 0 Å². The molecule has 0 saturated carbocycles. The van der Waals surface area contributed by atoms with Crippen LogP contribution >= 0.6 is 0 Å². The summed E-state index contributed by atoms with van der Waals surface area (Å²) in [6, 6.07) is 7.58. The SMILES string of the molecule is CCC1CCNC(C(=O)Nc2ccc(CCO)cc2)C1. The molecule has 20 heavy (non-hydrogen) atoms. The molecular weight excluding hydrogens is 252 g/mol. The number of nitrogens with one attached hydrogen (secondary N) is 2. The highest BCUT2D eigenvalue weighted by Crippen LogP contribution is 2.20. The normalized spacial score (nSPS) is 22.5. The van der Waals surface area contributed by atoms with Gasteiger partial charge in [-0.1, -0.05) is 25.5 Å². The summed E-state index contributed by atoms with van der Waals surface area (Å²) in [7, 11) is 0. The van der Waals surface area contributed by atoms with Crippen LogP contribution in [0.5, 0.6) is 0 Å². The van der Waals surface area contributed by atoms with E-state index in [-0.39, 0.29) is 18.6 Å². The minimum atomic E-state index is -0.0779. The summed E-state index contributed by atoms with van der Waals surface area (Å²) in [6.07, 6.45) is 3.87. The summed E-state index contributed by atoms with van der Waals surface area (Å²) in [5, 5.41) is 15.1. The van der Waals surface area contributed by atoms with Crippen molar-refractivity contribution in [2.24, 2.45) is 5.92 Å². The van der Waals surface area contributed by atoms with Crippen LogP contribution in [0.3, 0.4) is 0 Å². The Morgan fingerprint density at radius 3 is 2.80 bits per heavy atom. The van der Waals surface area contributed by atoms with Gasteiger partial charge in [0.25, 0.3) is 0 Å². The number of carbonyl (C=O) groups excluding carboxylic acids is 1. The van der Waals surface area contributed by atoms with Crippen LogP contribution in [0.2, 0.25) is 0 Å². The number of aliphatic hydroxyl groups excluding tert-OH is 1. The van der Waals surface area contributed by atoms with Crippen molar-refractivity contribution in [2.75, 3.05) is 18.5 Å². The molecule has 3 N–H and O–H groups in total. The van der Waals surface area contributed by atoms with Crippen molar-refractivity contribution >= 4 is 11.6 Å². The maximum absolute atomic E-state index is 12.2. The molecule has 1 amide bonds. The van der Waals surface area contributed by atoms with Crippen LogP contribution < -0.4 is 10.6 Å². The second-order valence-corrected chi connectivity index (χ2v) is 5.47. The lowest BCUT2D eigenvalue weighted by Crippen LogP contribution is -2.46. The van der Waals surface area contributed by atoms with Gasteiger partial charge in [-0.25, -0.2) is 0 Å². The van der Waals surface area contributed by atoms with Crippen molar-refractivity contribution in [3.05, 3.63) is 29.8 Å². The maximum Gasteiger partial charge on any atom is 0.241 e. The fourth-order valence-corrected chi connectivity index (χ4v) is 2.68. The standard InChI is InChI=1S/C16H24N2O2/c1-2-12-7-9-17-15(11-12)16(20)18-14-5-3-13(4-6-14)8-10-19/h3-6,12,15,17,19H,2,7-11H2,1H3,(H,18,20). The van der Waals surface area contributed by atoms with E-state index in [4.69, 9.17) is 5.11 Å². The van der Waals surface area contributed by atoms with Crippen LogP contribution in [-0.4, -0.2) is 30.2 Å². The molecular formula is C16H24N2O2. The van der Waals surface area contributed by atoms with Gasteiger partial charge in [0.15, 0.2) is 0 Å². The molecule has 0 spiro atoms. The van der Waals surface area contributed by atoms with E-state index < -0.39 is 0 Å². The first-order chi connectivity index (χ1) is 9.72. The molecule has 1 fully saturated rings. The van der Waals surface area contributed by atoms with Crippen LogP contribution in [-0.2, 0) is 11.2 Å². The lowest BCUT2D eigenvalue weighted by Gasteiger charge is -2.28.